The number of aryl methyl sites for hydroxylation is 1. The van der Waals surface area contributed by atoms with Gasteiger partial charge in [-0.25, -0.2) is 9.50 Å². The molecule has 3 heterocycles. The maximum Gasteiger partial charge on any atom is 0.153 e. The van der Waals surface area contributed by atoms with Gasteiger partial charge in [-0.1, -0.05) is 12.1 Å². The van der Waals surface area contributed by atoms with Crippen LogP contribution in [0.2, 0.25) is 0 Å². The van der Waals surface area contributed by atoms with Crippen molar-refractivity contribution in [2.75, 3.05) is 0 Å². The lowest BCUT2D eigenvalue weighted by Gasteiger charge is -2.11. The standard InChI is InChI=1S/C18H18N4/c1-3-14(17-8-9-18-19-10-11-22(18)21-17)15-6-7-16(13-4-5-13)20-12(15)2/h3,6-11,13H,4-5H2,1-2H3/b14-3+. The first-order chi connectivity index (χ1) is 10.8. The molecule has 0 aromatic carbocycles. The van der Waals surface area contributed by atoms with Crippen molar-refractivity contribution >= 4 is 11.2 Å². The second-order valence-electron chi connectivity index (χ2n) is 5.79. The fraction of sp³-hybridized carbons (Fsp3) is 0.278. The molecule has 0 saturated heterocycles. The predicted octanol–water partition coefficient (Wildman–Crippen LogP) is 3.76. The van der Waals surface area contributed by atoms with E-state index in [1.807, 2.05) is 25.3 Å². The average Bonchev–Trinajstić information content (AvgIpc) is 3.27. The third kappa shape index (κ3) is 2.21. The van der Waals surface area contributed by atoms with Crippen molar-refractivity contribution < 1.29 is 0 Å². The third-order valence-electron chi connectivity index (χ3n) is 4.21. The van der Waals surface area contributed by atoms with Gasteiger partial charge in [0.05, 0.1) is 5.69 Å². The largest absolute Gasteiger partial charge is 0.257 e. The first-order valence-electron chi connectivity index (χ1n) is 7.71. The number of fused-ring (bicyclic) bond motifs is 1. The molecule has 3 aromatic rings. The third-order valence-corrected chi connectivity index (χ3v) is 4.21. The zero-order valence-electron chi connectivity index (χ0n) is 12.8. The topological polar surface area (TPSA) is 43.1 Å². The fourth-order valence-corrected chi connectivity index (χ4v) is 2.87. The lowest BCUT2D eigenvalue weighted by atomic mass is 10.00. The number of hydrogen-bond acceptors (Lipinski definition) is 3. The van der Waals surface area contributed by atoms with Gasteiger partial charge in [0.25, 0.3) is 0 Å². The van der Waals surface area contributed by atoms with Crippen molar-refractivity contribution in [1.82, 2.24) is 19.6 Å². The second-order valence-corrected chi connectivity index (χ2v) is 5.79. The summed E-state index contributed by atoms with van der Waals surface area (Å²) in [6.07, 6.45) is 8.29. The number of aromatic nitrogens is 4. The van der Waals surface area contributed by atoms with Gasteiger partial charge in [0, 0.05) is 40.8 Å². The first kappa shape index (κ1) is 13.2. The van der Waals surface area contributed by atoms with E-state index in [4.69, 9.17) is 4.98 Å². The van der Waals surface area contributed by atoms with Gasteiger partial charge in [-0.05, 0) is 44.9 Å². The van der Waals surface area contributed by atoms with E-state index in [1.54, 1.807) is 10.7 Å². The number of imidazole rings is 1. The van der Waals surface area contributed by atoms with Crippen molar-refractivity contribution in [2.45, 2.75) is 32.6 Å². The van der Waals surface area contributed by atoms with Crippen LogP contribution in [0.5, 0.6) is 0 Å². The fourth-order valence-electron chi connectivity index (χ4n) is 2.87. The molecule has 3 aromatic heterocycles. The maximum absolute atomic E-state index is 4.79. The summed E-state index contributed by atoms with van der Waals surface area (Å²) in [7, 11) is 0. The number of hydrogen-bond donors (Lipinski definition) is 0. The maximum atomic E-state index is 4.79. The van der Waals surface area contributed by atoms with Gasteiger partial charge in [-0.15, -0.1) is 0 Å². The van der Waals surface area contributed by atoms with E-state index in [2.05, 4.69) is 35.2 Å². The van der Waals surface area contributed by atoms with Gasteiger partial charge in [-0.3, -0.25) is 4.98 Å². The van der Waals surface area contributed by atoms with Crippen molar-refractivity contribution in [2.24, 2.45) is 0 Å². The highest BCUT2D eigenvalue weighted by molar-refractivity contribution is 5.79. The van der Waals surface area contributed by atoms with Crippen LogP contribution in [0, 0.1) is 6.92 Å². The van der Waals surface area contributed by atoms with Gasteiger partial charge in [0.15, 0.2) is 5.65 Å². The van der Waals surface area contributed by atoms with Crippen LogP contribution in [-0.2, 0) is 0 Å². The van der Waals surface area contributed by atoms with Crippen molar-refractivity contribution in [3.63, 3.8) is 0 Å². The summed E-state index contributed by atoms with van der Waals surface area (Å²) in [5, 5.41) is 4.65. The Bertz CT molecular complexity index is 872. The average molecular weight is 290 g/mol. The molecule has 0 unspecified atom stereocenters. The Morgan fingerprint density at radius 3 is 2.82 bits per heavy atom. The highest BCUT2D eigenvalue weighted by atomic mass is 15.2. The van der Waals surface area contributed by atoms with Crippen LogP contribution in [0.1, 0.15) is 48.3 Å². The van der Waals surface area contributed by atoms with Gasteiger partial charge in [0.2, 0.25) is 0 Å². The molecule has 4 rings (SSSR count). The Kier molecular flexibility index (Phi) is 3.03. The summed E-state index contributed by atoms with van der Waals surface area (Å²) in [5.74, 6) is 0.683. The number of allylic oxidation sites excluding steroid dienone is 1. The van der Waals surface area contributed by atoms with E-state index in [1.165, 1.54) is 18.5 Å². The van der Waals surface area contributed by atoms with Crippen LogP contribution in [-0.4, -0.2) is 19.6 Å². The molecule has 0 N–H and O–H groups in total. The van der Waals surface area contributed by atoms with Gasteiger partial charge in [0.1, 0.15) is 0 Å². The molecule has 22 heavy (non-hydrogen) atoms. The molecular weight excluding hydrogens is 272 g/mol. The molecule has 0 atom stereocenters. The summed E-state index contributed by atoms with van der Waals surface area (Å²) in [6.45, 7) is 4.13. The van der Waals surface area contributed by atoms with Crippen LogP contribution >= 0.6 is 0 Å². The molecule has 1 fully saturated rings. The van der Waals surface area contributed by atoms with Gasteiger partial charge >= 0.3 is 0 Å². The summed E-state index contributed by atoms with van der Waals surface area (Å²) in [4.78, 5) is 9.04. The van der Waals surface area contributed by atoms with Crippen LogP contribution in [0.4, 0.5) is 0 Å². The Labute approximate surface area is 129 Å². The van der Waals surface area contributed by atoms with Gasteiger partial charge < -0.3 is 0 Å². The molecule has 0 amide bonds. The second kappa shape index (κ2) is 5.05. The lowest BCUT2D eigenvalue weighted by molar-refractivity contribution is 0.920. The molecule has 0 radical (unpaired) electrons. The minimum Gasteiger partial charge on any atom is -0.257 e. The number of pyridine rings is 1. The monoisotopic (exact) mass is 290 g/mol. The molecule has 1 aliphatic rings. The highest BCUT2D eigenvalue weighted by Gasteiger charge is 2.25. The Hall–Kier alpha value is -2.49. The molecule has 0 aliphatic heterocycles. The van der Waals surface area contributed by atoms with E-state index in [0.29, 0.717) is 5.92 Å². The zero-order valence-corrected chi connectivity index (χ0v) is 12.8. The molecule has 1 saturated carbocycles. The van der Waals surface area contributed by atoms with E-state index >= 15 is 0 Å². The summed E-state index contributed by atoms with van der Waals surface area (Å²) >= 11 is 0. The number of rotatable bonds is 3. The summed E-state index contributed by atoms with van der Waals surface area (Å²) in [6, 6.07) is 8.36. The minimum atomic E-state index is 0.683. The summed E-state index contributed by atoms with van der Waals surface area (Å²) < 4.78 is 1.81. The van der Waals surface area contributed by atoms with Crippen molar-refractivity contribution in [3.8, 4) is 0 Å². The lowest BCUT2D eigenvalue weighted by Crippen LogP contribution is -2.01. The van der Waals surface area contributed by atoms with Crippen molar-refractivity contribution in [1.29, 1.82) is 0 Å². The van der Waals surface area contributed by atoms with E-state index in [0.717, 1.165) is 28.2 Å². The molecule has 4 heteroatoms. The summed E-state index contributed by atoms with van der Waals surface area (Å²) in [5.41, 5.74) is 6.37. The Balaban J connectivity index is 1.77. The molecule has 110 valence electrons. The quantitative estimate of drug-likeness (QED) is 0.737. The highest BCUT2D eigenvalue weighted by Crippen LogP contribution is 2.39. The molecule has 1 aliphatic carbocycles. The van der Waals surface area contributed by atoms with E-state index < -0.39 is 0 Å². The minimum absolute atomic E-state index is 0.683. The van der Waals surface area contributed by atoms with E-state index in [-0.39, 0.29) is 0 Å². The Morgan fingerprint density at radius 1 is 1.23 bits per heavy atom. The van der Waals surface area contributed by atoms with Crippen molar-refractivity contribution in [3.05, 3.63) is 65.4 Å². The predicted molar refractivity (Wildman–Crippen MR) is 86.7 cm³/mol. The number of nitrogens with zero attached hydrogens (tertiary/aromatic N) is 4. The normalized spacial score (nSPS) is 15.5. The van der Waals surface area contributed by atoms with Crippen LogP contribution in [0.15, 0.2) is 42.7 Å². The zero-order chi connectivity index (χ0) is 15.1. The molecule has 4 nitrogen and oxygen atoms in total. The molecule has 0 spiro atoms. The van der Waals surface area contributed by atoms with Gasteiger partial charge in [-0.2, -0.15) is 5.10 Å². The smallest absolute Gasteiger partial charge is 0.153 e. The van der Waals surface area contributed by atoms with Crippen LogP contribution in [0.3, 0.4) is 0 Å². The van der Waals surface area contributed by atoms with Crippen LogP contribution < -0.4 is 0 Å². The SMILES string of the molecule is C/C=C(/c1ccc2nccn2n1)c1ccc(C2CC2)nc1C. The van der Waals surface area contributed by atoms with E-state index in [9.17, 15) is 0 Å². The first-order valence-corrected chi connectivity index (χ1v) is 7.71. The Morgan fingerprint density at radius 2 is 2.09 bits per heavy atom. The molecule has 0 bridgehead atoms. The van der Waals surface area contributed by atoms with Crippen LogP contribution in [0.25, 0.3) is 11.2 Å². The molecular formula is C18H18N4.